The highest BCUT2D eigenvalue weighted by molar-refractivity contribution is 5.30. The van der Waals surface area contributed by atoms with E-state index in [0.29, 0.717) is 0 Å². The molecular formula is C12H20N4. The third kappa shape index (κ3) is 3.28. The van der Waals surface area contributed by atoms with E-state index < -0.39 is 0 Å². The Hall–Kier alpha value is -1.47. The zero-order chi connectivity index (χ0) is 12.0. The molecule has 0 saturated heterocycles. The number of rotatable bonds is 5. The Labute approximate surface area is 97.7 Å². The van der Waals surface area contributed by atoms with Crippen LogP contribution in [-0.2, 0) is 13.6 Å². The Kier molecular flexibility index (Phi) is 4.87. The van der Waals surface area contributed by atoms with Gasteiger partial charge in [-0.15, -0.1) is 11.8 Å². The zero-order valence-corrected chi connectivity index (χ0v) is 10.5. The molecule has 0 amide bonds. The molecule has 1 aromatic heterocycles. The number of hydrogen-bond donors (Lipinski definition) is 1. The maximum atomic E-state index is 4.35. The molecule has 16 heavy (non-hydrogen) atoms. The Morgan fingerprint density at radius 1 is 1.50 bits per heavy atom. The van der Waals surface area contributed by atoms with Crippen LogP contribution in [0.5, 0.6) is 0 Å². The molecule has 0 spiro atoms. The van der Waals surface area contributed by atoms with E-state index in [9.17, 15) is 0 Å². The van der Waals surface area contributed by atoms with Crippen LogP contribution in [0.2, 0.25) is 0 Å². The standard InChI is InChI=1S/C12H20N4/c1-5-6-7-8-13-9-11-10-14-12(15(2)3)16(11)4/h10,13H,7-9H2,1-4H3. The number of anilines is 1. The number of aromatic nitrogens is 2. The molecule has 0 aliphatic rings. The summed E-state index contributed by atoms with van der Waals surface area (Å²) in [6, 6.07) is 0. The molecule has 0 aromatic carbocycles. The van der Waals surface area contributed by atoms with Gasteiger partial charge in [0.05, 0.1) is 11.9 Å². The quantitative estimate of drug-likeness (QED) is 0.593. The smallest absolute Gasteiger partial charge is 0.204 e. The fraction of sp³-hybridized carbons (Fsp3) is 0.583. The van der Waals surface area contributed by atoms with Crippen LogP contribution >= 0.6 is 0 Å². The van der Waals surface area contributed by atoms with Crippen molar-refractivity contribution in [3.63, 3.8) is 0 Å². The molecule has 1 N–H and O–H groups in total. The second kappa shape index (κ2) is 6.19. The van der Waals surface area contributed by atoms with Gasteiger partial charge in [-0.1, -0.05) is 0 Å². The second-order valence-corrected chi connectivity index (χ2v) is 3.86. The van der Waals surface area contributed by atoms with Gasteiger partial charge in [0.15, 0.2) is 0 Å². The number of nitrogens with one attached hydrogen (secondary N) is 1. The van der Waals surface area contributed by atoms with E-state index in [1.54, 1.807) is 0 Å². The van der Waals surface area contributed by atoms with E-state index in [-0.39, 0.29) is 0 Å². The predicted octanol–water partition coefficient (Wildman–Crippen LogP) is 0.989. The molecule has 0 bridgehead atoms. The average molecular weight is 220 g/mol. The van der Waals surface area contributed by atoms with Crippen LogP contribution in [0.1, 0.15) is 19.0 Å². The van der Waals surface area contributed by atoms with Crippen LogP contribution in [0.3, 0.4) is 0 Å². The third-order valence-electron chi connectivity index (χ3n) is 2.37. The van der Waals surface area contributed by atoms with Gasteiger partial charge in [-0.2, -0.15) is 0 Å². The average Bonchev–Trinajstić information content (AvgIpc) is 2.60. The van der Waals surface area contributed by atoms with Crippen molar-refractivity contribution in [3.05, 3.63) is 11.9 Å². The Balaban J connectivity index is 2.44. The molecule has 1 rings (SSSR count). The molecule has 1 aromatic rings. The molecule has 88 valence electrons. The highest BCUT2D eigenvalue weighted by Crippen LogP contribution is 2.10. The Morgan fingerprint density at radius 3 is 2.81 bits per heavy atom. The minimum absolute atomic E-state index is 0.836. The lowest BCUT2D eigenvalue weighted by molar-refractivity contribution is 0.661. The largest absolute Gasteiger partial charge is 0.348 e. The van der Waals surface area contributed by atoms with E-state index in [0.717, 1.165) is 25.5 Å². The van der Waals surface area contributed by atoms with Crippen molar-refractivity contribution >= 4 is 5.95 Å². The number of imidazole rings is 1. The van der Waals surface area contributed by atoms with Crippen LogP contribution < -0.4 is 10.2 Å². The first kappa shape index (κ1) is 12.6. The minimum Gasteiger partial charge on any atom is -0.348 e. The van der Waals surface area contributed by atoms with E-state index in [4.69, 9.17) is 0 Å². The van der Waals surface area contributed by atoms with Gasteiger partial charge in [-0.3, -0.25) is 0 Å². The van der Waals surface area contributed by atoms with Gasteiger partial charge in [0.25, 0.3) is 0 Å². The van der Waals surface area contributed by atoms with Crippen molar-refractivity contribution in [3.8, 4) is 11.8 Å². The van der Waals surface area contributed by atoms with Gasteiger partial charge >= 0.3 is 0 Å². The molecule has 4 heteroatoms. The van der Waals surface area contributed by atoms with Crippen LogP contribution in [0.25, 0.3) is 0 Å². The maximum Gasteiger partial charge on any atom is 0.204 e. The first-order valence-corrected chi connectivity index (χ1v) is 5.45. The highest BCUT2D eigenvalue weighted by Gasteiger charge is 2.06. The van der Waals surface area contributed by atoms with Crippen molar-refractivity contribution in [2.24, 2.45) is 7.05 Å². The molecule has 1 heterocycles. The van der Waals surface area contributed by atoms with Crippen molar-refractivity contribution < 1.29 is 0 Å². The van der Waals surface area contributed by atoms with Crippen LogP contribution in [0, 0.1) is 11.8 Å². The molecule has 4 nitrogen and oxygen atoms in total. The molecule has 0 atom stereocenters. The minimum atomic E-state index is 0.836. The summed E-state index contributed by atoms with van der Waals surface area (Å²) in [6.45, 7) is 3.62. The van der Waals surface area contributed by atoms with Gasteiger partial charge in [-0.25, -0.2) is 4.98 Å². The first-order valence-electron chi connectivity index (χ1n) is 5.45. The SMILES string of the molecule is CC#CCCNCc1cnc(N(C)C)n1C. The molecule has 0 aliphatic heterocycles. The summed E-state index contributed by atoms with van der Waals surface area (Å²) in [4.78, 5) is 6.36. The highest BCUT2D eigenvalue weighted by atomic mass is 15.3. The molecular weight excluding hydrogens is 200 g/mol. The third-order valence-corrected chi connectivity index (χ3v) is 2.37. The van der Waals surface area contributed by atoms with Gasteiger partial charge < -0.3 is 14.8 Å². The van der Waals surface area contributed by atoms with Crippen LogP contribution in [0.15, 0.2) is 6.20 Å². The molecule has 0 unspecified atom stereocenters. The van der Waals surface area contributed by atoms with Crippen molar-refractivity contribution in [1.82, 2.24) is 14.9 Å². The van der Waals surface area contributed by atoms with Crippen molar-refractivity contribution in [2.45, 2.75) is 19.9 Å². The summed E-state index contributed by atoms with van der Waals surface area (Å²) in [5, 5.41) is 3.35. The summed E-state index contributed by atoms with van der Waals surface area (Å²) >= 11 is 0. The van der Waals surface area contributed by atoms with E-state index in [1.807, 2.05) is 39.2 Å². The molecule has 0 radical (unpaired) electrons. The summed E-state index contributed by atoms with van der Waals surface area (Å²) in [6.07, 6.45) is 2.81. The second-order valence-electron chi connectivity index (χ2n) is 3.86. The summed E-state index contributed by atoms with van der Waals surface area (Å²) < 4.78 is 2.10. The van der Waals surface area contributed by atoms with Gasteiger partial charge in [0.1, 0.15) is 0 Å². The van der Waals surface area contributed by atoms with E-state index in [2.05, 4.69) is 26.7 Å². The molecule has 0 saturated carbocycles. The van der Waals surface area contributed by atoms with E-state index in [1.165, 1.54) is 5.69 Å². The zero-order valence-electron chi connectivity index (χ0n) is 10.5. The van der Waals surface area contributed by atoms with Crippen molar-refractivity contribution in [1.29, 1.82) is 0 Å². The number of nitrogens with zero attached hydrogens (tertiary/aromatic N) is 3. The lowest BCUT2D eigenvalue weighted by atomic mass is 10.4. The summed E-state index contributed by atoms with van der Waals surface area (Å²) in [5.74, 6) is 6.89. The van der Waals surface area contributed by atoms with Gasteiger partial charge in [0, 0.05) is 40.7 Å². The lowest BCUT2D eigenvalue weighted by Crippen LogP contribution is -2.18. The topological polar surface area (TPSA) is 33.1 Å². The van der Waals surface area contributed by atoms with Gasteiger partial charge in [-0.05, 0) is 6.92 Å². The fourth-order valence-electron chi connectivity index (χ4n) is 1.51. The van der Waals surface area contributed by atoms with Gasteiger partial charge in [0.2, 0.25) is 5.95 Å². The maximum absolute atomic E-state index is 4.35. The normalized spacial score (nSPS) is 9.75. The monoisotopic (exact) mass is 220 g/mol. The fourth-order valence-corrected chi connectivity index (χ4v) is 1.51. The van der Waals surface area contributed by atoms with Crippen LogP contribution in [-0.4, -0.2) is 30.2 Å². The summed E-state index contributed by atoms with van der Waals surface area (Å²) in [7, 11) is 6.03. The first-order chi connectivity index (χ1) is 7.66. The molecule has 0 aliphatic carbocycles. The Morgan fingerprint density at radius 2 is 2.25 bits per heavy atom. The Bertz CT molecular complexity index is 381. The predicted molar refractivity (Wildman–Crippen MR) is 67.3 cm³/mol. The molecule has 0 fully saturated rings. The van der Waals surface area contributed by atoms with Crippen molar-refractivity contribution in [2.75, 3.05) is 25.5 Å². The van der Waals surface area contributed by atoms with E-state index >= 15 is 0 Å². The lowest BCUT2D eigenvalue weighted by Gasteiger charge is -2.12. The number of hydrogen-bond acceptors (Lipinski definition) is 3. The van der Waals surface area contributed by atoms with Crippen LogP contribution in [0.4, 0.5) is 5.95 Å². The summed E-state index contributed by atoms with van der Waals surface area (Å²) in [5.41, 5.74) is 1.19.